The van der Waals surface area contributed by atoms with E-state index in [1.165, 1.54) is 0 Å². The molecule has 1 amide bonds. The van der Waals surface area contributed by atoms with Gasteiger partial charge in [0.2, 0.25) is 5.91 Å². The first kappa shape index (κ1) is 19.6. The second kappa shape index (κ2) is 11.3. The van der Waals surface area contributed by atoms with Crippen molar-refractivity contribution in [2.24, 2.45) is 5.73 Å². The van der Waals surface area contributed by atoms with Crippen molar-refractivity contribution in [3.8, 4) is 0 Å². The van der Waals surface area contributed by atoms with Crippen LogP contribution in [0.5, 0.6) is 0 Å². The molecule has 0 aliphatic rings. The molecule has 2 unspecified atom stereocenters. The summed E-state index contributed by atoms with van der Waals surface area (Å²) in [5, 5.41) is 2.70. The lowest BCUT2D eigenvalue weighted by atomic mass is 10.1. The third kappa shape index (κ3) is 8.71. The Hall–Kier alpha value is -0.400. The Labute approximate surface area is 130 Å². The molecule has 0 radical (unpaired) electrons. The van der Waals surface area contributed by atoms with Crippen molar-refractivity contribution >= 4 is 35.4 Å². The number of nitrogens with two attached hydrogens (primary N) is 1. The molecule has 0 aliphatic carbocycles. The first-order valence-corrected chi connectivity index (χ1v) is 9.45. The molecule has 5 nitrogen and oxygen atoms in total. The van der Waals surface area contributed by atoms with E-state index in [1.54, 1.807) is 37.4 Å². The van der Waals surface area contributed by atoms with E-state index in [0.717, 1.165) is 11.5 Å². The summed E-state index contributed by atoms with van der Waals surface area (Å²) in [6, 6.07) is -1.19. The zero-order valence-corrected chi connectivity index (χ0v) is 14.3. The summed E-state index contributed by atoms with van der Waals surface area (Å²) in [7, 11) is 0. The van der Waals surface area contributed by atoms with Gasteiger partial charge in [-0.3, -0.25) is 4.79 Å². The zero-order valence-electron chi connectivity index (χ0n) is 12.7. The number of hydrogen-bond acceptors (Lipinski definition) is 6. The van der Waals surface area contributed by atoms with Crippen LogP contribution in [0.1, 0.15) is 26.7 Å². The van der Waals surface area contributed by atoms with Gasteiger partial charge in [-0.25, -0.2) is 4.79 Å². The molecule has 0 aliphatic heterocycles. The Morgan fingerprint density at radius 3 is 2.20 bits per heavy atom. The number of carbonyl (C=O) groups excluding carboxylic acids is 2. The number of rotatable bonds is 10. The van der Waals surface area contributed by atoms with Crippen molar-refractivity contribution in [1.29, 1.82) is 0 Å². The summed E-state index contributed by atoms with van der Waals surface area (Å²) >= 11 is 3.26. The topological polar surface area (TPSA) is 81.4 Å². The Morgan fingerprint density at radius 1 is 1.15 bits per heavy atom. The molecule has 3 N–H and O–H groups in total. The molecular weight excluding hydrogens is 296 g/mol. The Balaban J connectivity index is 4.46. The molecular formula is C13H26N2O3S2. The van der Waals surface area contributed by atoms with Gasteiger partial charge in [0.05, 0.1) is 12.1 Å². The van der Waals surface area contributed by atoms with Crippen LogP contribution >= 0.6 is 23.5 Å². The van der Waals surface area contributed by atoms with Crippen molar-refractivity contribution in [2.75, 3.05) is 24.0 Å². The summed E-state index contributed by atoms with van der Waals surface area (Å²) in [6.07, 6.45) is 4.87. The second-order valence-corrected chi connectivity index (χ2v) is 6.69. The van der Waals surface area contributed by atoms with Gasteiger partial charge >= 0.3 is 5.97 Å². The monoisotopic (exact) mass is 322 g/mol. The lowest BCUT2D eigenvalue weighted by molar-refractivity contribution is -0.151. The first-order valence-electron chi connectivity index (χ1n) is 6.66. The van der Waals surface area contributed by atoms with Crippen LogP contribution in [0.3, 0.4) is 0 Å². The summed E-state index contributed by atoms with van der Waals surface area (Å²) in [4.78, 5) is 23.9. The Bertz CT molecular complexity index is 301. The minimum Gasteiger partial charge on any atom is -0.461 e. The quantitative estimate of drug-likeness (QED) is 0.589. The van der Waals surface area contributed by atoms with E-state index < -0.39 is 12.1 Å². The summed E-state index contributed by atoms with van der Waals surface area (Å²) in [5.41, 5.74) is 5.80. The summed E-state index contributed by atoms with van der Waals surface area (Å²) in [6.45, 7) is 3.57. The maximum absolute atomic E-state index is 12.0. The molecule has 2 atom stereocenters. The number of esters is 1. The third-order valence-electron chi connectivity index (χ3n) is 2.53. The van der Waals surface area contributed by atoms with Gasteiger partial charge in [-0.05, 0) is 50.7 Å². The van der Waals surface area contributed by atoms with Crippen LogP contribution in [0.15, 0.2) is 0 Å². The van der Waals surface area contributed by atoms with Gasteiger partial charge in [-0.2, -0.15) is 23.5 Å². The number of ether oxygens (including phenoxy) is 1. The molecule has 0 aromatic carbocycles. The Morgan fingerprint density at radius 2 is 1.70 bits per heavy atom. The van der Waals surface area contributed by atoms with Crippen LogP contribution in [0.2, 0.25) is 0 Å². The van der Waals surface area contributed by atoms with Gasteiger partial charge < -0.3 is 15.8 Å². The van der Waals surface area contributed by atoms with E-state index >= 15 is 0 Å². The molecule has 0 fully saturated rings. The molecule has 0 heterocycles. The number of thioether (sulfide) groups is 2. The molecule has 118 valence electrons. The lowest BCUT2D eigenvalue weighted by Gasteiger charge is -2.20. The van der Waals surface area contributed by atoms with E-state index in [0.29, 0.717) is 12.8 Å². The van der Waals surface area contributed by atoms with Crippen molar-refractivity contribution in [1.82, 2.24) is 5.32 Å². The molecule has 0 bridgehead atoms. The highest BCUT2D eigenvalue weighted by molar-refractivity contribution is 7.98. The average Bonchev–Trinajstić information content (AvgIpc) is 2.39. The predicted molar refractivity (Wildman–Crippen MR) is 87.1 cm³/mol. The van der Waals surface area contributed by atoms with Gasteiger partial charge in [-0.1, -0.05) is 0 Å². The first-order chi connectivity index (χ1) is 9.42. The predicted octanol–water partition coefficient (Wildman–Crippen LogP) is 1.26. The number of hydrogen-bond donors (Lipinski definition) is 2. The highest BCUT2D eigenvalue weighted by Gasteiger charge is 2.25. The van der Waals surface area contributed by atoms with E-state index in [2.05, 4.69) is 5.32 Å². The smallest absolute Gasteiger partial charge is 0.328 e. The summed E-state index contributed by atoms with van der Waals surface area (Å²) < 4.78 is 5.16. The van der Waals surface area contributed by atoms with Gasteiger partial charge in [-0.15, -0.1) is 0 Å². The number of amides is 1. The average molecular weight is 322 g/mol. The molecule has 0 spiro atoms. The fraction of sp³-hybridized carbons (Fsp3) is 0.846. The van der Waals surface area contributed by atoms with Gasteiger partial charge in [0, 0.05) is 0 Å². The summed E-state index contributed by atoms with van der Waals surface area (Å²) in [5.74, 6) is 0.920. The lowest BCUT2D eigenvalue weighted by Crippen LogP contribution is -2.49. The molecule has 0 saturated carbocycles. The fourth-order valence-electron chi connectivity index (χ4n) is 1.45. The van der Waals surface area contributed by atoms with Crippen LogP contribution in [0.4, 0.5) is 0 Å². The molecule has 7 heteroatoms. The van der Waals surface area contributed by atoms with Gasteiger partial charge in [0.1, 0.15) is 6.04 Å². The van der Waals surface area contributed by atoms with Crippen LogP contribution in [-0.4, -0.2) is 54.1 Å². The molecule has 0 rings (SSSR count). The molecule has 0 saturated heterocycles. The molecule has 20 heavy (non-hydrogen) atoms. The van der Waals surface area contributed by atoms with Crippen molar-refractivity contribution in [2.45, 2.75) is 44.9 Å². The third-order valence-corrected chi connectivity index (χ3v) is 3.82. The highest BCUT2D eigenvalue weighted by atomic mass is 32.2. The maximum atomic E-state index is 12.0. The SMILES string of the molecule is CSCCC(N)C(=O)NC(CCSC)C(=O)OC(C)C. The van der Waals surface area contributed by atoms with Crippen LogP contribution in [0, 0.1) is 0 Å². The minimum atomic E-state index is -0.613. The maximum Gasteiger partial charge on any atom is 0.328 e. The number of nitrogens with one attached hydrogen (secondary N) is 1. The van der Waals surface area contributed by atoms with E-state index in [4.69, 9.17) is 10.5 Å². The van der Waals surface area contributed by atoms with Gasteiger partial charge in [0.15, 0.2) is 0 Å². The zero-order chi connectivity index (χ0) is 15.5. The largest absolute Gasteiger partial charge is 0.461 e. The fourth-order valence-corrected chi connectivity index (χ4v) is 2.41. The second-order valence-electron chi connectivity index (χ2n) is 4.72. The molecule has 0 aromatic heterocycles. The Kier molecular flexibility index (Phi) is 11.1. The standard InChI is InChI=1S/C13H26N2O3S2/c1-9(2)18-13(17)11(6-8-20-4)15-12(16)10(14)5-7-19-3/h9-11H,5-8,14H2,1-4H3,(H,15,16). The molecule has 0 aromatic rings. The van der Waals surface area contributed by atoms with Crippen molar-refractivity contribution in [3.05, 3.63) is 0 Å². The van der Waals surface area contributed by atoms with Crippen molar-refractivity contribution < 1.29 is 14.3 Å². The minimum absolute atomic E-state index is 0.193. The van der Waals surface area contributed by atoms with E-state index in [9.17, 15) is 9.59 Å². The van der Waals surface area contributed by atoms with Crippen molar-refractivity contribution in [3.63, 3.8) is 0 Å². The number of carbonyl (C=O) groups is 2. The van der Waals surface area contributed by atoms with E-state index in [-0.39, 0.29) is 18.0 Å². The normalized spacial score (nSPS) is 13.9. The van der Waals surface area contributed by atoms with Crippen LogP contribution in [0.25, 0.3) is 0 Å². The van der Waals surface area contributed by atoms with Crippen LogP contribution < -0.4 is 11.1 Å². The van der Waals surface area contributed by atoms with Crippen LogP contribution in [-0.2, 0) is 14.3 Å². The highest BCUT2D eigenvalue weighted by Crippen LogP contribution is 2.06. The van der Waals surface area contributed by atoms with E-state index in [1.807, 2.05) is 12.5 Å². The van der Waals surface area contributed by atoms with Gasteiger partial charge in [0.25, 0.3) is 0 Å².